The van der Waals surface area contributed by atoms with E-state index in [0.717, 1.165) is 0 Å². The largest absolute Gasteiger partial charge is 0.468 e. The molecule has 0 spiro atoms. The van der Waals surface area contributed by atoms with Gasteiger partial charge >= 0.3 is 5.97 Å². The van der Waals surface area contributed by atoms with Crippen molar-refractivity contribution in [3.05, 3.63) is 0 Å². The van der Waals surface area contributed by atoms with Crippen molar-refractivity contribution in [3.63, 3.8) is 0 Å². The summed E-state index contributed by atoms with van der Waals surface area (Å²) in [7, 11) is 1.31. The Morgan fingerprint density at radius 3 is 2.79 bits per heavy atom. The molecule has 0 aromatic carbocycles. The number of ketones is 1. The molecular formula is C10H14O4. The van der Waals surface area contributed by atoms with E-state index >= 15 is 0 Å². The molecule has 4 nitrogen and oxygen atoms in total. The molecule has 0 heterocycles. The summed E-state index contributed by atoms with van der Waals surface area (Å²) in [6, 6.07) is 0. The van der Waals surface area contributed by atoms with E-state index in [1.807, 2.05) is 0 Å². The van der Waals surface area contributed by atoms with E-state index in [-0.39, 0.29) is 11.7 Å². The second kappa shape index (κ2) is 3.05. The SMILES string of the molecule is COC(=O)[C@]12CC[C@H](O)[C@@H](CC1)C2=O. The highest BCUT2D eigenvalue weighted by Crippen LogP contribution is 2.49. The molecule has 0 unspecified atom stereocenters. The third-order valence-corrected chi connectivity index (χ3v) is 3.60. The van der Waals surface area contributed by atoms with Gasteiger partial charge in [0.25, 0.3) is 0 Å². The molecule has 2 rings (SSSR count). The minimum Gasteiger partial charge on any atom is -0.468 e. The topological polar surface area (TPSA) is 63.6 Å². The number of carbonyl (C=O) groups excluding carboxylic acids is 2. The van der Waals surface area contributed by atoms with Gasteiger partial charge in [-0.15, -0.1) is 0 Å². The Hall–Kier alpha value is -0.900. The first-order valence-electron chi connectivity index (χ1n) is 4.92. The minimum absolute atomic E-state index is 0.108. The molecule has 0 aromatic rings. The molecule has 2 aliphatic carbocycles. The molecule has 2 saturated carbocycles. The summed E-state index contributed by atoms with van der Waals surface area (Å²) in [4.78, 5) is 23.4. The van der Waals surface area contributed by atoms with Gasteiger partial charge in [0.05, 0.1) is 13.2 Å². The Morgan fingerprint density at radius 1 is 1.50 bits per heavy atom. The lowest BCUT2D eigenvalue weighted by Crippen LogP contribution is -2.44. The third-order valence-electron chi connectivity index (χ3n) is 3.60. The van der Waals surface area contributed by atoms with E-state index in [1.165, 1.54) is 7.11 Å². The van der Waals surface area contributed by atoms with Crippen molar-refractivity contribution in [1.82, 2.24) is 0 Å². The van der Waals surface area contributed by atoms with Gasteiger partial charge in [-0.25, -0.2) is 0 Å². The molecule has 1 N–H and O–H groups in total. The average molecular weight is 198 g/mol. The molecule has 0 radical (unpaired) electrons. The van der Waals surface area contributed by atoms with Gasteiger partial charge in [0.15, 0.2) is 5.78 Å². The number of esters is 1. The Morgan fingerprint density at radius 2 is 2.14 bits per heavy atom. The van der Waals surface area contributed by atoms with E-state index in [9.17, 15) is 14.7 Å². The molecule has 2 fully saturated rings. The molecule has 3 atom stereocenters. The summed E-state index contributed by atoms with van der Waals surface area (Å²) in [5.74, 6) is -0.858. The number of aliphatic hydroxyl groups excluding tert-OH is 1. The Balaban J connectivity index is 2.30. The summed E-state index contributed by atoms with van der Waals surface area (Å²) < 4.78 is 4.67. The summed E-state index contributed by atoms with van der Waals surface area (Å²) >= 11 is 0. The number of fused-ring (bicyclic) bond motifs is 2. The number of rotatable bonds is 1. The van der Waals surface area contributed by atoms with Crippen LogP contribution in [0.1, 0.15) is 25.7 Å². The van der Waals surface area contributed by atoms with Gasteiger partial charge in [0, 0.05) is 5.92 Å². The van der Waals surface area contributed by atoms with Crippen LogP contribution in [0.3, 0.4) is 0 Å². The fourth-order valence-electron chi connectivity index (χ4n) is 2.72. The van der Waals surface area contributed by atoms with E-state index in [2.05, 4.69) is 4.74 Å². The number of hydrogen-bond donors (Lipinski definition) is 1. The van der Waals surface area contributed by atoms with Crippen molar-refractivity contribution in [2.24, 2.45) is 11.3 Å². The second-order valence-corrected chi connectivity index (χ2v) is 4.19. The van der Waals surface area contributed by atoms with Gasteiger partial charge in [0.1, 0.15) is 5.41 Å². The van der Waals surface area contributed by atoms with Gasteiger partial charge in [-0.1, -0.05) is 0 Å². The summed E-state index contributed by atoms with van der Waals surface area (Å²) in [5, 5.41) is 9.56. The van der Waals surface area contributed by atoms with Crippen molar-refractivity contribution in [2.75, 3.05) is 7.11 Å². The van der Waals surface area contributed by atoms with E-state index in [0.29, 0.717) is 25.7 Å². The number of carbonyl (C=O) groups is 2. The normalized spacial score (nSPS) is 41.1. The molecule has 4 heteroatoms. The van der Waals surface area contributed by atoms with Crippen LogP contribution >= 0.6 is 0 Å². The van der Waals surface area contributed by atoms with E-state index in [4.69, 9.17) is 0 Å². The smallest absolute Gasteiger partial charge is 0.319 e. The summed E-state index contributed by atoms with van der Waals surface area (Å²) in [6.07, 6.45) is 1.58. The van der Waals surface area contributed by atoms with Crippen LogP contribution in [-0.2, 0) is 14.3 Å². The lowest BCUT2D eigenvalue weighted by molar-refractivity contribution is -0.160. The van der Waals surface area contributed by atoms with Gasteiger partial charge in [0.2, 0.25) is 0 Å². The summed E-state index contributed by atoms with van der Waals surface area (Å²) in [5.41, 5.74) is -0.918. The van der Waals surface area contributed by atoms with Crippen molar-refractivity contribution in [3.8, 4) is 0 Å². The molecule has 2 aliphatic rings. The predicted octanol–water partition coefficient (Wildman–Crippen LogP) is 0.280. The van der Waals surface area contributed by atoms with Crippen LogP contribution in [0.15, 0.2) is 0 Å². The van der Waals surface area contributed by atoms with Gasteiger partial charge in [-0.05, 0) is 25.7 Å². The zero-order chi connectivity index (χ0) is 10.3. The average Bonchev–Trinajstić information content (AvgIpc) is 2.40. The van der Waals surface area contributed by atoms with Crippen molar-refractivity contribution < 1.29 is 19.4 Å². The highest BCUT2D eigenvalue weighted by atomic mass is 16.5. The molecule has 0 aliphatic heterocycles. The number of hydrogen-bond acceptors (Lipinski definition) is 4. The fraction of sp³-hybridized carbons (Fsp3) is 0.800. The van der Waals surface area contributed by atoms with E-state index < -0.39 is 17.5 Å². The maximum atomic E-state index is 11.9. The highest BCUT2D eigenvalue weighted by Gasteiger charge is 2.58. The van der Waals surface area contributed by atoms with Crippen LogP contribution in [0.2, 0.25) is 0 Å². The molecule has 78 valence electrons. The Kier molecular flexibility index (Phi) is 2.10. The van der Waals surface area contributed by atoms with Crippen LogP contribution in [0.5, 0.6) is 0 Å². The molecule has 14 heavy (non-hydrogen) atoms. The van der Waals surface area contributed by atoms with Crippen LogP contribution in [0.25, 0.3) is 0 Å². The standard InChI is InChI=1S/C10H14O4/c1-14-9(13)10-4-2-6(8(10)12)7(11)3-5-10/h6-7,11H,2-5H2,1H3/t6-,7+,10+/m1/s1. The van der Waals surface area contributed by atoms with Crippen LogP contribution in [-0.4, -0.2) is 30.1 Å². The Labute approximate surface area is 82.2 Å². The third kappa shape index (κ3) is 1.03. The van der Waals surface area contributed by atoms with Gasteiger partial charge in [-0.3, -0.25) is 9.59 Å². The van der Waals surface area contributed by atoms with Crippen molar-refractivity contribution >= 4 is 11.8 Å². The first-order valence-corrected chi connectivity index (χ1v) is 4.92. The lowest BCUT2D eigenvalue weighted by atomic mass is 9.73. The molecule has 0 amide bonds. The molecule has 0 saturated heterocycles. The maximum Gasteiger partial charge on any atom is 0.319 e. The molecular weight excluding hydrogens is 184 g/mol. The lowest BCUT2D eigenvalue weighted by Gasteiger charge is -2.31. The van der Waals surface area contributed by atoms with Crippen LogP contribution in [0, 0.1) is 11.3 Å². The first-order chi connectivity index (χ1) is 6.62. The number of Topliss-reactive ketones (excluding diaryl/α,β-unsaturated/α-hetero) is 1. The maximum absolute atomic E-state index is 11.9. The zero-order valence-electron chi connectivity index (χ0n) is 8.16. The second-order valence-electron chi connectivity index (χ2n) is 4.19. The Bertz CT molecular complexity index is 286. The minimum atomic E-state index is -0.918. The van der Waals surface area contributed by atoms with Gasteiger partial charge in [-0.2, -0.15) is 0 Å². The van der Waals surface area contributed by atoms with Gasteiger partial charge < -0.3 is 9.84 Å². The van der Waals surface area contributed by atoms with E-state index in [1.54, 1.807) is 0 Å². The molecule has 2 bridgehead atoms. The number of aliphatic hydroxyl groups is 1. The molecule has 0 aromatic heterocycles. The fourth-order valence-corrected chi connectivity index (χ4v) is 2.72. The zero-order valence-corrected chi connectivity index (χ0v) is 8.16. The quantitative estimate of drug-likeness (QED) is 0.485. The van der Waals surface area contributed by atoms with Crippen molar-refractivity contribution in [2.45, 2.75) is 31.8 Å². The van der Waals surface area contributed by atoms with Crippen LogP contribution in [0.4, 0.5) is 0 Å². The van der Waals surface area contributed by atoms with Crippen LogP contribution < -0.4 is 0 Å². The number of methoxy groups -OCH3 is 1. The monoisotopic (exact) mass is 198 g/mol. The first kappa shape index (κ1) is 9.65. The summed E-state index contributed by atoms with van der Waals surface area (Å²) in [6.45, 7) is 0. The number of ether oxygens (including phenoxy) is 1. The van der Waals surface area contributed by atoms with Crippen molar-refractivity contribution in [1.29, 1.82) is 0 Å². The highest BCUT2D eigenvalue weighted by molar-refractivity contribution is 6.07. The predicted molar refractivity (Wildman–Crippen MR) is 47.4 cm³/mol.